The highest BCUT2D eigenvalue weighted by Crippen LogP contribution is 2.18. The molecule has 0 aliphatic rings. The van der Waals surface area contributed by atoms with Gasteiger partial charge in [0.1, 0.15) is 24.2 Å². The summed E-state index contributed by atoms with van der Waals surface area (Å²) < 4.78 is 14.7. The fourth-order valence-electron chi connectivity index (χ4n) is 3.61. The summed E-state index contributed by atoms with van der Waals surface area (Å²) in [4.78, 5) is 2.34. The van der Waals surface area contributed by atoms with Crippen LogP contribution in [0, 0.1) is 5.41 Å². The summed E-state index contributed by atoms with van der Waals surface area (Å²) in [5, 5.41) is 19.3. The number of methoxy groups -OCH3 is 1. The third-order valence-corrected chi connectivity index (χ3v) is 5.40. The molecule has 1 aromatic heterocycles. The van der Waals surface area contributed by atoms with E-state index in [4.69, 9.17) is 14.9 Å². The predicted octanol–water partition coefficient (Wildman–Crippen LogP) is 2.71. The Balaban J connectivity index is 1.73. The molecule has 3 rings (SSSR count). The molecule has 3 aromatic rings. The molecule has 162 valence electrons. The first-order valence-electron chi connectivity index (χ1n) is 10.5. The number of aliphatic hydroxyl groups is 1. The van der Waals surface area contributed by atoms with Crippen LogP contribution in [0.2, 0.25) is 0 Å². The number of nitrogens with zero attached hydrogens (tertiary/aromatic N) is 3. The third kappa shape index (κ3) is 5.04. The lowest BCUT2D eigenvalue weighted by Gasteiger charge is -2.18. The molecule has 7 heteroatoms. The van der Waals surface area contributed by atoms with Crippen LogP contribution in [0.1, 0.15) is 13.8 Å². The van der Waals surface area contributed by atoms with Gasteiger partial charge in [-0.15, -0.1) is 0 Å². The molecular weight excluding hydrogens is 380 g/mol. The van der Waals surface area contributed by atoms with Gasteiger partial charge in [0, 0.05) is 13.1 Å². The van der Waals surface area contributed by atoms with Gasteiger partial charge in [-0.2, -0.15) is 0 Å². The van der Waals surface area contributed by atoms with Gasteiger partial charge in [0.25, 0.3) is 0 Å². The molecule has 0 spiro atoms. The van der Waals surface area contributed by atoms with Gasteiger partial charge in [0.05, 0.1) is 24.7 Å². The normalized spacial score (nSPS) is 12.4. The second-order valence-corrected chi connectivity index (χ2v) is 7.24. The minimum atomic E-state index is -0.733. The minimum absolute atomic E-state index is 0.151. The predicted molar refractivity (Wildman–Crippen MR) is 118 cm³/mol. The van der Waals surface area contributed by atoms with Crippen molar-refractivity contribution in [3.8, 4) is 11.5 Å². The van der Waals surface area contributed by atoms with E-state index in [1.165, 1.54) is 0 Å². The van der Waals surface area contributed by atoms with E-state index >= 15 is 0 Å². The molecule has 0 saturated heterocycles. The number of imidazole rings is 1. The first-order valence-corrected chi connectivity index (χ1v) is 10.5. The second-order valence-electron chi connectivity index (χ2n) is 7.24. The van der Waals surface area contributed by atoms with Gasteiger partial charge in [-0.1, -0.05) is 26.0 Å². The second kappa shape index (κ2) is 10.3. The van der Waals surface area contributed by atoms with Gasteiger partial charge in [-0.3, -0.25) is 5.41 Å². The number of benzene rings is 2. The molecule has 1 atom stereocenters. The van der Waals surface area contributed by atoms with Gasteiger partial charge in [-0.25, -0.2) is 0 Å². The summed E-state index contributed by atoms with van der Waals surface area (Å²) in [5.74, 6) is 1.43. The maximum atomic E-state index is 10.6. The highest BCUT2D eigenvalue weighted by molar-refractivity contribution is 5.75. The number of para-hydroxylation sites is 2. The van der Waals surface area contributed by atoms with Crippen molar-refractivity contribution in [1.29, 1.82) is 5.41 Å². The summed E-state index contributed by atoms with van der Waals surface area (Å²) >= 11 is 0. The standard InChI is InChI=1S/C23H32N4O3/c1-4-25(5-2)14-15-26-21-8-6-7-9-22(21)27(23(26)24)16-18(28)17-30-20-12-10-19(29-3)11-13-20/h6-13,18,24,28H,4-5,14-17H2,1-3H3. The van der Waals surface area contributed by atoms with Gasteiger partial charge in [0.15, 0.2) is 0 Å². The van der Waals surface area contributed by atoms with Crippen molar-refractivity contribution in [3.05, 3.63) is 54.1 Å². The van der Waals surface area contributed by atoms with Crippen molar-refractivity contribution in [3.63, 3.8) is 0 Å². The third-order valence-electron chi connectivity index (χ3n) is 5.40. The highest BCUT2D eigenvalue weighted by atomic mass is 16.5. The van der Waals surface area contributed by atoms with Crippen molar-refractivity contribution >= 4 is 11.0 Å². The molecule has 7 nitrogen and oxygen atoms in total. The topological polar surface area (TPSA) is 75.6 Å². The Kier molecular flexibility index (Phi) is 7.54. The molecule has 30 heavy (non-hydrogen) atoms. The number of nitrogens with one attached hydrogen (secondary N) is 1. The highest BCUT2D eigenvalue weighted by Gasteiger charge is 2.15. The molecule has 0 radical (unpaired) electrons. The zero-order chi connectivity index (χ0) is 21.5. The molecule has 1 unspecified atom stereocenters. The lowest BCUT2D eigenvalue weighted by molar-refractivity contribution is 0.0920. The van der Waals surface area contributed by atoms with Crippen LogP contribution >= 0.6 is 0 Å². The molecule has 0 bridgehead atoms. The molecule has 2 N–H and O–H groups in total. The summed E-state index contributed by atoms with van der Waals surface area (Å²) in [5.41, 5.74) is 2.36. The van der Waals surface area contributed by atoms with Crippen LogP contribution in [-0.4, -0.2) is 58.6 Å². The number of fused-ring (bicyclic) bond motifs is 1. The van der Waals surface area contributed by atoms with Crippen molar-refractivity contribution < 1.29 is 14.6 Å². The summed E-state index contributed by atoms with van der Waals surface area (Å²) in [6, 6.07) is 15.3. The van der Waals surface area contributed by atoms with Crippen molar-refractivity contribution in [2.24, 2.45) is 0 Å². The van der Waals surface area contributed by atoms with E-state index < -0.39 is 6.10 Å². The van der Waals surface area contributed by atoms with E-state index in [-0.39, 0.29) is 6.61 Å². The van der Waals surface area contributed by atoms with Gasteiger partial charge >= 0.3 is 0 Å². The van der Waals surface area contributed by atoms with E-state index in [1.807, 2.05) is 57.7 Å². The average molecular weight is 413 g/mol. The van der Waals surface area contributed by atoms with Gasteiger partial charge in [-0.05, 0) is 49.5 Å². The van der Waals surface area contributed by atoms with Gasteiger partial charge in [0.2, 0.25) is 5.62 Å². The Morgan fingerprint density at radius 3 is 2.17 bits per heavy atom. The number of hydrogen-bond acceptors (Lipinski definition) is 5. The smallest absolute Gasteiger partial charge is 0.203 e. The average Bonchev–Trinajstić information content (AvgIpc) is 3.04. The van der Waals surface area contributed by atoms with Crippen molar-refractivity contribution in [2.45, 2.75) is 33.0 Å². The number of likely N-dealkylation sites (N-methyl/N-ethyl adjacent to an activating group) is 1. The van der Waals surface area contributed by atoms with Crippen LogP contribution in [0.15, 0.2) is 48.5 Å². The van der Waals surface area contributed by atoms with E-state index in [9.17, 15) is 5.11 Å². The van der Waals surface area contributed by atoms with Crippen LogP contribution in [-0.2, 0) is 13.1 Å². The number of hydrogen-bond donors (Lipinski definition) is 2. The van der Waals surface area contributed by atoms with Crippen molar-refractivity contribution in [1.82, 2.24) is 14.0 Å². The maximum Gasteiger partial charge on any atom is 0.203 e. The molecule has 0 saturated carbocycles. The Hall–Kier alpha value is -2.77. The first kappa shape index (κ1) is 21.9. The number of aliphatic hydroxyl groups excluding tert-OH is 1. The quantitative estimate of drug-likeness (QED) is 0.508. The van der Waals surface area contributed by atoms with E-state index in [0.717, 1.165) is 43.0 Å². The van der Waals surface area contributed by atoms with Crippen LogP contribution in [0.5, 0.6) is 11.5 Å². The Morgan fingerprint density at radius 1 is 0.967 bits per heavy atom. The SMILES string of the molecule is CCN(CC)CCn1c(=N)n(CC(O)COc2ccc(OC)cc2)c2ccccc21. The fraction of sp³-hybridized carbons (Fsp3) is 0.435. The monoisotopic (exact) mass is 412 g/mol. The zero-order valence-electron chi connectivity index (χ0n) is 18.0. The summed E-state index contributed by atoms with van der Waals surface area (Å²) in [7, 11) is 1.62. The minimum Gasteiger partial charge on any atom is -0.497 e. The van der Waals surface area contributed by atoms with E-state index in [0.29, 0.717) is 17.9 Å². The lowest BCUT2D eigenvalue weighted by Crippen LogP contribution is -2.34. The van der Waals surface area contributed by atoms with Crippen LogP contribution in [0.25, 0.3) is 11.0 Å². The van der Waals surface area contributed by atoms with Crippen LogP contribution < -0.4 is 15.1 Å². The Bertz CT molecular complexity index is 990. The van der Waals surface area contributed by atoms with E-state index in [2.05, 4.69) is 18.7 Å². The van der Waals surface area contributed by atoms with E-state index in [1.54, 1.807) is 7.11 Å². The molecule has 1 heterocycles. The Labute approximate surface area is 177 Å². The molecule has 0 aliphatic carbocycles. The van der Waals surface area contributed by atoms with Gasteiger partial charge < -0.3 is 28.6 Å². The molecule has 0 aliphatic heterocycles. The first-order chi connectivity index (χ1) is 14.6. The molecular formula is C23H32N4O3. The fourth-order valence-corrected chi connectivity index (χ4v) is 3.61. The Morgan fingerprint density at radius 2 is 1.57 bits per heavy atom. The van der Waals surface area contributed by atoms with Crippen LogP contribution in [0.3, 0.4) is 0 Å². The van der Waals surface area contributed by atoms with Crippen molar-refractivity contribution in [2.75, 3.05) is 33.4 Å². The largest absolute Gasteiger partial charge is 0.497 e. The molecule has 2 aromatic carbocycles. The molecule has 0 fully saturated rings. The summed E-state index contributed by atoms with van der Waals surface area (Å²) in [6.07, 6.45) is -0.733. The lowest BCUT2D eigenvalue weighted by atomic mass is 10.3. The summed E-state index contributed by atoms with van der Waals surface area (Å²) in [6.45, 7) is 8.37. The maximum absolute atomic E-state index is 10.6. The molecule has 0 amide bonds. The number of aromatic nitrogens is 2. The van der Waals surface area contributed by atoms with Crippen LogP contribution in [0.4, 0.5) is 0 Å². The zero-order valence-corrected chi connectivity index (χ0v) is 18.0. The number of rotatable bonds is 11. The number of ether oxygens (including phenoxy) is 2.